The molecule has 0 aromatic heterocycles. The zero-order chi connectivity index (χ0) is 15.5. The molecular formula is C13H15BrClF3N2O2. The maximum absolute atomic E-state index is 12.8. The summed E-state index contributed by atoms with van der Waals surface area (Å²) in [7, 11) is 0. The van der Waals surface area contributed by atoms with Gasteiger partial charge in [0.2, 0.25) is 5.91 Å². The number of benzene rings is 1. The van der Waals surface area contributed by atoms with Gasteiger partial charge in [-0.05, 0) is 18.2 Å². The molecule has 1 fully saturated rings. The largest absolute Gasteiger partial charge is 0.417 e. The summed E-state index contributed by atoms with van der Waals surface area (Å²) in [4.78, 5) is 11.8. The van der Waals surface area contributed by atoms with Gasteiger partial charge in [0.15, 0.2) is 0 Å². The third kappa shape index (κ3) is 5.42. The molecule has 4 nitrogen and oxygen atoms in total. The Morgan fingerprint density at radius 1 is 1.45 bits per heavy atom. The highest BCUT2D eigenvalue weighted by Crippen LogP contribution is 2.36. The van der Waals surface area contributed by atoms with Crippen LogP contribution >= 0.6 is 28.3 Å². The van der Waals surface area contributed by atoms with Crippen LogP contribution in [-0.4, -0.2) is 31.7 Å². The number of amides is 1. The van der Waals surface area contributed by atoms with E-state index in [-0.39, 0.29) is 41.0 Å². The number of nitrogens with one attached hydrogen (secondary N) is 2. The van der Waals surface area contributed by atoms with Crippen LogP contribution in [0, 0.1) is 0 Å². The average Bonchev–Trinajstić information content (AvgIpc) is 2.41. The Morgan fingerprint density at radius 2 is 2.18 bits per heavy atom. The molecule has 1 saturated heterocycles. The molecule has 1 aromatic rings. The lowest BCUT2D eigenvalue weighted by molar-refractivity contribution is -0.138. The lowest BCUT2D eigenvalue weighted by Gasteiger charge is -2.23. The SMILES string of the molecule is Cl.O=C(CC1CNCCO1)Nc1ccc(Br)c(C(F)(F)F)c1. The first kappa shape index (κ1) is 19.2. The molecule has 9 heteroatoms. The number of hydrogen-bond donors (Lipinski definition) is 2. The molecule has 124 valence electrons. The van der Waals surface area contributed by atoms with Gasteiger partial charge in [-0.25, -0.2) is 0 Å². The summed E-state index contributed by atoms with van der Waals surface area (Å²) in [5.74, 6) is -0.376. The molecule has 1 unspecified atom stereocenters. The van der Waals surface area contributed by atoms with Crippen molar-refractivity contribution in [3.8, 4) is 0 Å². The number of alkyl halides is 3. The number of anilines is 1. The predicted octanol–water partition coefficient (Wildman–Crippen LogP) is 3.21. The Kier molecular flexibility index (Phi) is 7.11. The zero-order valence-electron chi connectivity index (χ0n) is 11.4. The van der Waals surface area contributed by atoms with Crippen molar-refractivity contribution < 1.29 is 22.7 Å². The fourth-order valence-electron chi connectivity index (χ4n) is 1.99. The van der Waals surface area contributed by atoms with E-state index in [1.54, 1.807) is 0 Å². The third-order valence-corrected chi connectivity index (χ3v) is 3.66. The van der Waals surface area contributed by atoms with Crippen LogP contribution in [0.3, 0.4) is 0 Å². The Bertz CT molecular complexity index is 522. The van der Waals surface area contributed by atoms with Gasteiger partial charge in [0.25, 0.3) is 0 Å². The van der Waals surface area contributed by atoms with Gasteiger partial charge in [-0.2, -0.15) is 13.2 Å². The van der Waals surface area contributed by atoms with Gasteiger partial charge in [0.1, 0.15) is 0 Å². The van der Waals surface area contributed by atoms with Crippen molar-refractivity contribution in [1.29, 1.82) is 0 Å². The van der Waals surface area contributed by atoms with Gasteiger partial charge in [-0.3, -0.25) is 4.79 Å². The summed E-state index contributed by atoms with van der Waals surface area (Å²) in [6, 6.07) is 3.58. The van der Waals surface area contributed by atoms with Crippen molar-refractivity contribution in [2.75, 3.05) is 25.0 Å². The van der Waals surface area contributed by atoms with Crippen LogP contribution in [0.25, 0.3) is 0 Å². The Morgan fingerprint density at radius 3 is 2.77 bits per heavy atom. The normalized spacial score (nSPS) is 18.5. The van der Waals surface area contributed by atoms with E-state index in [2.05, 4.69) is 26.6 Å². The number of morpholine rings is 1. The van der Waals surface area contributed by atoms with Crippen molar-refractivity contribution in [3.05, 3.63) is 28.2 Å². The summed E-state index contributed by atoms with van der Waals surface area (Å²) in [5.41, 5.74) is -0.713. The zero-order valence-corrected chi connectivity index (χ0v) is 13.8. The predicted molar refractivity (Wildman–Crippen MR) is 82.2 cm³/mol. The van der Waals surface area contributed by atoms with Crippen LogP contribution in [0.2, 0.25) is 0 Å². The molecule has 0 aliphatic carbocycles. The number of carbonyl (C=O) groups excluding carboxylic acids is 1. The van der Waals surface area contributed by atoms with E-state index in [1.807, 2.05) is 0 Å². The minimum absolute atomic E-state index is 0. The number of ether oxygens (including phenoxy) is 1. The quantitative estimate of drug-likeness (QED) is 0.815. The number of rotatable bonds is 3. The molecule has 22 heavy (non-hydrogen) atoms. The van der Waals surface area contributed by atoms with Gasteiger partial charge in [0, 0.05) is 23.2 Å². The summed E-state index contributed by atoms with van der Waals surface area (Å²) in [5, 5.41) is 5.54. The van der Waals surface area contributed by atoms with E-state index in [0.717, 1.165) is 12.6 Å². The molecule has 1 aliphatic rings. The standard InChI is InChI=1S/C13H14BrF3N2O2.ClH/c14-11-2-1-8(5-10(11)13(15,16)17)19-12(20)6-9-7-18-3-4-21-9;/h1-2,5,9,18H,3-4,6-7H2,(H,19,20);1H. The fourth-order valence-corrected chi connectivity index (χ4v) is 2.46. The number of carbonyl (C=O) groups is 1. The molecule has 1 atom stereocenters. The van der Waals surface area contributed by atoms with Crippen LogP contribution < -0.4 is 10.6 Å². The lowest BCUT2D eigenvalue weighted by Crippen LogP contribution is -2.40. The highest BCUT2D eigenvalue weighted by Gasteiger charge is 2.33. The lowest BCUT2D eigenvalue weighted by atomic mass is 10.1. The third-order valence-electron chi connectivity index (χ3n) is 2.97. The van der Waals surface area contributed by atoms with Crippen LogP contribution in [-0.2, 0) is 15.7 Å². The van der Waals surface area contributed by atoms with E-state index in [4.69, 9.17) is 4.74 Å². The maximum Gasteiger partial charge on any atom is 0.417 e. The molecule has 0 radical (unpaired) electrons. The van der Waals surface area contributed by atoms with Crippen LogP contribution in [0.5, 0.6) is 0 Å². The molecule has 1 aromatic carbocycles. The van der Waals surface area contributed by atoms with Crippen LogP contribution in [0.15, 0.2) is 22.7 Å². The second-order valence-electron chi connectivity index (χ2n) is 4.64. The average molecular weight is 404 g/mol. The minimum atomic E-state index is -4.48. The summed E-state index contributed by atoms with van der Waals surface area (Å²) >= 11 is 2.85. The Hall–Kier alpha value is -0.830. The number of hydrogen-bond acceptors (Lipinski definition) is 3. The summed E-state index contributed by atoms with van der Waals surface area (Å²) in [6.07, 6.45) is -4.63. The van der Waals surface area contributed by atoms with Crippen LogP contribution in [0.4, 0.5) is 18.9 Å². The fraction of sp³-hybridized carbons (Fsp3) is 0.462. The highest BCUT2D eigenvalue weighted by atomic mass is 79.9. The van der Waals surface area contributed by atoms with Crippen molar-refractivity contribution in [1.82, 2.24) is 5.32 Å². The first-order valence-corrected chi connectivity index (χ1v) is 7.14. The van der Waals surface area contributed by atoms with E-state index >= 15 is 0 Å². The van der Waals surface area contributed by atoms with E-state index in [0.29, 0.717) is 13.2 Å². The molecule has 1 heterocycles. The van der Waals surface area contributed by atoms with E-state index in [9.17, 15) is 18.0 Å². The van der Waals surface area contributed by atoms with Crippen LogP contribution in [0.1, 0.15) is 12.0 Å². The Balaban J connectivity index is 0.00000242. The molecule has 0 spiro atoms. The van der Waals surface area contributed by atoms with E-state index in [1.165, 1.54) is 12.1 Å². The van der Waals surface area contributed by atoms with Gasteiger partial charge in [0.05, 0.1) is 24.7 Å². The summed E-state index contributed by atoms with van der Waals surface area (Å²) in [6.45, 7) is 1.82. The van der Waals surface area contributed by atoms with Gasteiger partial charge >= 0.3 is 6.18 Å². The van der Waals surface area contributed by atoms with Gasteiger partial charge in [-0.1, -0.05) is 15.9 Å². The molecule has 1 aliphatic heterocycles. The van der Waals surface area contributed by atoms with Gasteiger partial charge < -0.3 is 15.4 Å². The maximum atomic E-state index is 12.8. The monoisotopic (exact) mass is 402 g/mol. The molecular weight excluding hydrogens is 389 g/mol. The van der Waals surface area contributed by atoms with Gasteiger partial charge in [-0.15, -0.1) is 12.4 Å². The molecule has 1 amide bonds. The van der Waals surface area contributed by atoms with Crippen molar-refractivity contribution >= 4 is 39.9 Å². The van der Waals surface area contributed by atoms with Crippen molar-refractivity contribution in [2.45, 2.75) is 18.7 Å². The first-order chi connectivity index (χ1) is 9.86. The molecule has 0 bridgehead atoms. The number of halogens is 5. The molecule has 2 N–H and O–H groups in total. The molecule has 2 rings (SSSR count). The minimum Gasteiger partial charge on any atom is -0.375 e. The topological polar surface area (TPSA) is 50.4 Å². The second kappa shape index (κ2) is 8.14. The second-order valence-corrected chi connectivity index (χ2v) is 5.50. The highest BCUT2D eigenvalue weighted by molar-refractivity contribution is 9.10. The van der Waals surface area contributed by atoms with Crippen molar-refractivity contribution in [3.63, 3.8) is 0 Å². The van der Waals surface area contributed by atoms with E-state index < -0.39 is 11.7 Å². The Labute approximate surface area is 140 Å². The van der Waals surface area contributed by atoms with Crippen molar-refractivity contribution in [2.24, 2.45) is 0 Å². The smallest absolute Gasteiger partial charge is 0.375 e. The first-order valence-electron chi connectivity index (χ1n) is 6.35. The molecule has 0 saturated carbocycles. The summed E-state index contributed by atoms with van der Waals surface area (Å²) < 4.78 is 43.6.